The van der Waals surface area contributed by atoms with Crippen LogP contribution in [0.4, 0.5) is 13.2 Å². The largest absolute Gasteiger partial charge is 0.478 e. The molecular formula is C8H3ClF3N3O2. The van der Waals surface area contributed by atoms with Crippen LogP contribution < -0.4 is 0 Å². The smallest absolute Gasteiger partial charge is 0.420 e. The van der Waals surface area contributed by atoms with Gasteiger partial charge in [0.25, 0.3) is 0 Å². The third kappa shape index (κ3) is 1.91. The second-order valence-corrected chi connectivity index (χ2v) is 3.46. The SMILES string of the molecule is O=C(O)c1cnn2cc(Cl)nc2c1C(F)(F)F. The lowest BCUT2D eigenvalue weighted by Crippen LogP contribution is -2.16. The Bertz CT molecular complexity index is 608. The van der Waals surface area contributed by atoms with Gasteiger partial charge in [-0.05, 0) is 0 Å². The molecule has 2 aromatic rings. The number of carboxylic acid groups (broad SMARTS) is 1. The number of carbonyl (C=O) groups is 1. The molecule has 0 radical (unpaired) electrons. The lowest BCUT2D eigenvalue weighted by atomic mass is 10.1. The van der Waals surface area contributed by atoms with Crippen LogP contribution in [0.2, 0.25) is 5.15 Å². The predicted molar refractivity (Wildman–Crippen MR) is 50.0 cm³/mol. The van der Waals surface area contributed by atoms with Crippen molar-refractivity contribution in [2.75, 3.05) is 0 Å². The Morgan fingerprint density at radius 1 is 1.47 bits per heavy atom. The molecule has 0 atom stereocenters. The summed E-state index contributed by atoms with van der Waals surface area (Å²) >= 11 is 5.45. The Morgan fingerprint density at radius 2 is 2.12 bits per heavy atom. The molecule has 0 saturated carbocycles. The summed E-state index contributed by atoms with van der Waals surface area (Å²) in [5, 5.41) is 12.0. The van der Waals surface area contributed by atoms with Crippen molar-refractivity contribution in [2.45, 2.75) is 6.18 Å². The zero-order valence-corrected chi connectivity index (χ0v) is 8.62. The Hall–Kier alpha value is -1.83. The molecule has 9 heteroatoms. The van der Waals surface area contributed by atoms with Gasteiger partial charge in [0.05, 0.1) is 18.0 Å². The lowest BCUT2D eigenvalue weighted by Gasteiger charge is -2.10. The molecule has 0 amide bonds. The molecule has 0 saturated heterocycles. The van der Waals surface area contributed by atoms with Crippen molar-refractivity contribution >= 4 is 23.2 Å². The van der Waals surface area contributed by atoms with E-state index in [1.165, 1.54) is 0 Å². The van der Waals surface area contributed by atoms with Gasteiger partial charge in [-0.3, -0.25) is 0 Å². The van der Waals surface area contributed by atoms with Crippen molar-refractivity contribution in [3.63, 3.8) is 0 Å². The van der Waals surface area contributed by atoms with Gasteiger partial charge in [-0.2, -0.15) is 18.3 Å². The molecule has 2 heterocycles. The maximum Gasteiger partial charge on any atom is 0.420 e. The first-order chi connectivity index (χ1) is 7.80. The van der Waals surface area contributed by atoms with E-state index >= 15 is 0 Å². The standard InChI is InChI=1S/C8H3ClF3N3O2/c9-4-2-15-6(14-4)5(8(10,11)12)3(1-13-15)7(16)17/h1-2H,(H,16,17). The van der Waals surface area contributed by atoms with Crippen LogP contribution in [0, 0.1) is 0 Å². The molecule has 0 aliphatic carbocycles. The van der Waals surface area contributed by atoms with E-state index in [0.29, 0.717) is 6.20 Å². The second kappa shape index (κ2) is 3.59. The predicted octanol–water partition coefficient (Wildman–Crippen LogP) is 2.10. The van der Waals surface area contributed by atoms with Crippen LogP contribution in [-0.4, -0.2) is 25.7 Å². The summed E-state index contributed by atoms with van der Waals surface area (Å²) in [5.41, 5.74) is -2.97. The van der Waals surface area contributed by atoms with Crippen LogP contribution in [0.25, 0.3) is 5.65 Å². The number of nitrogens with zero attached hydrogens (tertiary/aromatic N) is 3. The fraction of sp³-hybridized carbons (Fsp3) is 0.125. The topological polar surface area (TPSA) is 67.5 Å². The number of carboxylic acids is 1. The highest BCUT2D eigenvalue weighted by molar-refractivity contribution is 6.29. The van der Waals surface area contributed by atoms with Gasteiger partial charge < -0.3 is 5.11 Å². The highest BCUT2D eigenvalue weighted by Gasteiger charge is 2.39. The summed E-state index contributed by atoms with van der Waals surface area (Å²) in [4.78, 5) is 14.1. The minimum absolute atomic E-state index is 0.203. The molecule has 2 aromatic heterocycles. The molecule has 1 N–H and O–H groups in total. The molecular weight excluding hydrogens is 263 g/mol. The molecule has 0 aliphatic rings. The number of imidazole rings is 1. The highest BCUT2D eigenvalue weighted by Crippen LogP contribution is 2.34. The molecule has 0 unspecified atom stereocenters. The monoisotopic (exact) mass is 265 g/mol. The number of aromatic nitrogens is 3. The number of aromatic carboxylic acids is 1. The third-order valence-electron chi connectivity index (χ3n) is 1.98. The maximum atomic E-state index is 12.8. The van der Waals surface area contributed by atoms with Crippen molar-refractivity contribution in [1.82, 2.24) is 14.6 Å². The summed E-state index contributed by atoms with van der Waals surface area (Å²) in [5.74, 6) is -1.73. The second-order valence-electron chi connectivity index (χ2n) is 3.07. The fourth-order valence-corrected chi connectivity index (χ4v) is 1.52. The van der Waals surface area contributed by atoms with Gasteiger partial charge in [-0.25, -0.2) is 14.3 Å². The first kappa shape index (κ1) is 11.6. The van der Waals surface area contributed by atoms with Crippen LogP contribution >= 0.6 is 11.6 Å². The van der Waals surface area contributed by atoms with Crippen molar-refractivity contribution in [3.05, 3.63) is 28.7 Å². The molecule has 0 aliphatic heterocycles. The quantitative estimate of drug-likeness (QED) is 0.857. The summed E-state index contributed by atoms with van der Waals surface area (Å²) < 4.78 is 39.1. The van der Waals surface area contributed by atoms with E-state index in [2.05, 4.69) is 10.1 Å². The number of halogens is 4. The van der Waals surface area contributed by atoms with Gasteiger partial charge >= 0.3 is 12.1 Å². The fourth-order valence-electron chi connectivity index (χ4n) is 1.35. The van der Waals surface area contributed by atoms with Gasteiger partial charge in [0.2, 0.25) is 0 Å². The van der Waals surface area contributed by atoms with Crippen molar-refractivity contribution in [2.24, 2.45) is 0 Å². The molecule has 0 spiro atoms. The van der Waals surface area contributed by atoms with E-state index in [9.17, 15) is 18.0 Å². The average molecular weight is 266 g/mol. The summed E-state index contributed by atoms with van der Waals surface area (Å²) in [6, 6.07) is 0. The molecule has 0 fully saturated rings. The Labute approximate surface area is 96.4 Å². The van der Waals surface area contributed by atoms with Crippen molar-refractivity contribution in [3.8, 4) is 0 Å². The molecule has 0 aromatic carbocycles. The molecule has 2 rings (SSSR count). The summed E-state index contributed by atoms with van der Waals surface area (Å²) in [6.45, 7) is 0. The maximum absolute atomic E-state index is 12.8. The van der Waals surface area contributed by atoms with E-state index in [1.54, 1.807) is 0 Å². The molecule has 0 bridgehead atoms. The van der Waals surface area contributed by atoms with Gasteiger partial charge in [0.15, 0.2) is 5.65 Å². The van der Waals surface area contributed by atoms with E-state index in [0.717, 1.165) is 10.7 Å². The van der Waals surface area contributed by atoms with Crippen LogP contribution in [0.5, 0.6) is 0 Å². The van der Waals surface area contributed by atoms with Gasteiger partial charge in [-0.15, -0.1) is 0 Å². The van der Waals surface area contributed by atoms with Crippen LogP contribution in [-0.2, 0) is 6.18 Å². The first-order valence-electron chi connectivity index (χ1n) is 4.15. The van der Waals surface area contributed by atoms with E-state index in [4.69, 9.17) is 16.7 Å². The van der Waals surface area contributed by atoms with E-state index < -0.39 is 28.9 Å². The van der Waals surface area contributed by atoms with Gasteiger partial charge in [0.1, 0.15) is 10.7 Å². The number of hydrogen-bond donors (Lipinski definition) is 1. The zero-order chi connectivity index (χ0) is 12.8. The van der Waals surface area contributed by atoms with Crippen LogP contribution in [0.15, 0.2) is 12.4 Å². The van der Waals surface area contributed by atoms with E-state index in [1.807, 2.05) is 0 Å². The lowest BCUT2D eigenvalue weighted by molar-refractivity contribution is -0.137. The minimum atomic E-state index is -4.85. The molecule has 90 valence electrons. The van der Waals surface area contributed by atoms with E-state index in [-0.39, 0.29) is 5.15 Å². The third-order valence-corrected chi connectivity index (χ3v) is 2.16. The highest BCUT2D eigenvalue weighted by atomic mass is 35.5. The van der Waals surface area contributed by atoms with Crippen LogP contribution in [0.1, 0.15) is 15.9 Å². The molecule has 5 nitrogen and oxygen atoms in total. The van der Waals surface area contributed by atoms with Crippen molar-refractivity contribution in [1.29, 1.82) is 0 Å². The van der Waals surface area contributed by atoms with Crippen molar-refractivity contribution < 1.29 is 23.1 Å². The first-order valence-corrected chi connectivity index (χ1v) is 4.53. The Balaban J connectivity index is 2.89. The summed E-state index contributed by atoms with van der Waals surface area (Å²) in [7, 11) is 0. The number of hydrogen-bond acceptors (Lipinski definition) is 3. The Kier molecular flexibility index (Phi) is 2.46. The van der Waals surface area contributed by atoms with Crippen LogP contribution in [0.3, 0.4) is 0 Å². The average Bonchev–Trinajstić information content (AvgIpc) is 2.53. The number of alkyl halides is 3. The Morgan fingerprint density at radius 3 is 2.65 bits per heavy atom. The van der Waals surface area contributed by atoms with Gasteiger partial charge in [0, 0.05) is 0 Å². The minimum Gasteiger partial charge on any atom is -0.478 e. The summed E-state index contributed by atoms with van der Waals surface area (Å²) in [6.07, 6.45) is -3.19. The molecule has 17 heavy (non-hydrogen) atoms. The number of rotatable bonds is 1. The normalized spacial score (nSPS) is 12.0. The number of fused-ring (bicyclic) bond motifs is 1. The van der Waals surface area contributed by atoms with Gasteiger partial charge in [-0.1, -0.05) is 11.6 Å². The zero-order valence-electron chi connectivity index (χ0n) is 7.86.